The molecular weight excluding hydrogens is 615 g/mol. The maximum atomic E-state index is 9.66. The van der Waals surface area contributed by atoms with Gasteiger partial charge in [-0.25, -0.2) is 0 Å². The summed E-state index contributed by atoms with van der Waals surface area (Å²) in [6.07, 6.45) is 0. The molecule has 0 radical (unpaired) electrons. The fourth-order valence-electron chi connectivity index (χ4n) is 7.30. The lowest BCUT2D eigenvalue weighted by atomic mass is 9.96. The number of anilines is 3. The molecule has 0 saturated heterocycles. The number of hydrogen-bond acceptors (Lipinski definition) is 1. The van der Waals surface area contributed by atoms with E-state index in [0.717, 1.165) is 48.5 Å². The molecule has 0 unspecified atom stereocenters. The Morgan fingerprint density at radius 2 is 0.804 bits per heavy atom. The molecule has 0 aliphatic heterocycles. The van der Waals surface area contributed by atoms with Crippen LogP contribution in [-0.2, 0) is 0 Å². The van der Waals surface area contributed by atoms with E-state index >= 15 is 0 Å². The van der Waals surface area contributed by atoms with Crippen LogP contribution in [0, 0.1) is 0 Å². The Morgan fingerprint density at radius 1 is 0.314 bits per heavy atom. The molecule has 1 heteroatoms. The highest BCUT2D eigenvalue weighted by atomic mass is 15.1. The van der Waals surface area contributed by atoms with Crippen LogP contribution in [0.3, 0.4) is 0 Å². The Balaban J connectivity index is 1.27. The van der Waals surface area contributed by atoms with E-state index in [-0.39, 0.29) is 70.8 Å². The topological polar surface area (TPSA) is 3.24 Å². The number of nitrogens with zero attached hydrogens (tertiary/aromatic N) is 1. The van der Waals surface area contributed by atoms with Crippen LogP contribution in [-0.4, -0.2) is 0 Å². The number of rotatable bonds is 5. The molecule has 0 atom stereocenters. The van der Waals surface area contributed by atoms with Crippen LogP contribution in [0.5, 0.6) is 0 Å². The van der Waals surface area contributed by atoms with Crippen molar-refractivity contribution in [3.05, 3.63) is 200 Å². The van der Waals surface area contributed by atoms with E-state index in [0.29, 0.717) is 22.2 Å². The second-order valence-electron chi connectivity index (χ2n) is 12.7. The maximum absolute atomic E-state index is 9.66. The molecule has 0 saturated carbocycles. The average molecular weight is 656 g/mol. The SMILES string of the molecule is [2H]c1c([2H])c(N(c2c([2H])c([2H])c(-c3cccc4ccccc34)c([2H])c2[2H])c2cc3ccccc3c3ccccc23)c([2H])c([2H])c1-c1ccc2c(ccc3ccccc32)c1. The van der Waals surface area contributed by atoms with E-state index in [2.05, 4.69) is 0 Å². The Kier molecular flexibility index (Phi) is 5.21. The summed E-state index contributed by atoms with van der Waals surface area (Å²) in [5, 5.41) is 8.97. The summed E-state index contributed by atoms with van der Waals surface area (Å²) in [7, 11) is 0. The van der Waals surface area contributed by atoms with E-state index < -0.39 is 0 Å². The largest absolute Gasteiger partial charge is 0.310 e. The van der Waals surface area contributed by atoms with Crippen LogP contribution >= 0.6 is 0 Å². The van der Waals surface area contributed by atoms with Crippen molar-refractivity contribution in [1.29, 1.82) is 0 Å². The second kappa shape index (κ2) is 12.0. The molecule has 0 amide bonds. The standard InChI is InChI=1S/C50H33N/c1-4-14-43-35(10-1)13-9-19-45(43)37-24-29-42(30-25-37)51(50-33-39-12-3-6-16-46(39)48-17-7-8-18-49(48)50)41-27-22-34(23-28-41)38-26-31-47-40(32-38)21-20-36-11-2-5-15-44(36)47/h1-33H/i22D,23D,24D,25D,27D,28D,29D,30D. The molecule has 0 bridgehead atoms. The first kappa shape index (κ1) is 22.1. The van der Waals surface area contributed by atoms with Gasteiger partial charge in [-0.2, -0.15) is 0 Å². The van der Waals surface area contributed by atoms with E-state index in [1.807, 2.05) is 146 Å². The van der Waals surface area contributed by atoms with Crippen LogP contribution in [0.2, 0.25) is 0 Å². The zero-order valence-electron chi connectivity index (χ0n) is 35.4. The van der Waals surface area contributed by atoms with Crippen molar-refractivity contribution in [2.24, 2.45) is 0 Å². The molecule has 0 fully saturated rings. The molecule has 0 aliphatic carbocycles. The summed E-state index contributed by atoms with van der Waals surface area (Å²) in [6.45, 7) is 0. The predicted octanol–water partition coefficient (Wildman–Crippen LogP) is 14.3. The zero-order valence-corrected chi connectivity index (χ0v) is 27.4. The van der Waals surface area contributed by atoms with Gasteiger partial charge < -0.3 is 4.90 Å². The maximum Gasteiger partial charge on any atom is 0.0645 e. The molecular formula is C50H33N. The third-order valence-corrected chi connectivity index (χ3v) is 9.75. The van der Waals surface area contributed by atoms with Crippen molar-refractivity contribution in [3.63, 3.8) is 0 Å². The second-order valence-corrected chi connectivity index (χ2v) is 12.7. The summed E-state index contributed by atoms with van der Waals surface area (Å²) < 4.78 is 76.5. The smallest absolute Gasteiger partial charge is 0.0645 e. The monoisotopic (exact) mass is 655 g/mol. The molecule has 238 valence electrons. The van der Waals surface area contributed by atoms with Crippen LogP contribution in [0.4, 0.5) is 17.1 Å². The zero-order chi connectivity index (χ0) is 40.7. The van der Waals surface area contributed by atoms with Crippen molar-refractivity contribution in [1.82, 2.24) is 0 Å². The van der Waals surface area contributed by atoms with Gasteiger partial charge in [0.1, 0.15) is 0 Å². The summed E-state index contributed by atoms with van der Waals surface area (Å²) in [5.74, 6) is 0. The summed E-state index contributed by atoms with van der Waals surface area (Å²) in [5.41, 5.74) is 1.33. The van der Waals surface area contributed by atoms with Gasteiger partial charge in [0.05, 0.1) is 16.7 Å². The van der Waals surface area contributed by atoms with Gasteiger partial charge in [0.15, 0.2) is 0 Å². The van der Waals surface area contributed by atoms with Gasteiger partial charge in [-0.15, -0.1) is 0 Å². The Labute approximate surface area is 308 Å². The highest BCUT2D eigenvalue weighted by Crippen LogP contribution is 2.43. The molecule has 0 heterocycles. The van der Waals surface area contributed by atoms with E-state index in [1.165, 1.54) is 4.90 Å². The van der Waals surface area contributed by atoms with Gasteiger partial charge >= 0.3 is 0 Å². The Hall–Kier alpha value is -6.70. The van der Waals surface area contributed by atoms with Gasteiger partial charge in [0.25, 0.3) is 0 Å². The fraction of sp³-hybridized carbons (Fsp3) is 0. The highest BCUT2D eigenvalue weighted by Gasteiger charge is 2.18. The van der Waals surface area contributed by atoms with Gasteiger partial charge in [0.2, 0.25) is 0 Å². The van der Waals surface area contributed by atoms with Gasteiger partial charge in [-0.1, -0.05) is 164 Å². The van der Waals surface area contributed by atoms with Crippen molar-refractivity contribution < 1.29 is 11.0 Å². The first-order valence-corrected chi connectivity index (χ1v) is 17.0. The lowest BCUT2D eigenvalue weighted by Crippen LogP contribution is -2.10. The average Bonchev–Trinajstić information content (AvgIpc) is 3.27. The Bertz CT molecular complexity index is 3330. The van der Waals surface area contributed by atoms with Crippen molar-refractivity contribution in [2.45, 2.75) is 0 Å². The number of hydrogen-bond donors (Lipinski definition) is 0. The van der Waals surface area contributed by atoms with Gasteiger partial charge in [0, 0.05) is 16.8 Å². The molecule has 0 aliphatic rings. The third-order valence-electron chi connectivity index (χ3n) is 9.75. The molecule has 0 aromatic heterocycles. The molecule has 10 aromatic carbocycles. The fourth-order valence-corrected chi connectivity index (χ4v) is 7.30. The summed E-state index contributed by atoms with van der Waals surface area (Å²) >= 11 is 0. The molecule has 10 rings (SSSR count). The lowest BCUT2D eigenvalue weighted by molar-refractivity contribution is 1.30. The minimum absolute atomic E-state index is 0.119. The number of fused-ring (bicyclic) bond motifs is 7. The normalized spacial score (nSPS) is 13.7. The van der Waals surface area contributed by atoms with Crippen molar-refractivity contribution >= 4 is 70.9 Å². The minimum Gasteiger partial charge on any atom is -0.310 e. The van der Waals surface area contributed by atoms with Crippen LogP contribution in [0.15, 0.2) is 200 Å². The predicted molar refractivity (Wildman–Crippen MR) is 220 cm³/mol. The third kappa shape index (κ3) is 5.02. The first-order valence-electron chi connectivity index (χ1n) is 21.0. The molecule has 1 nitrogen and oxygen atoms in total. The van der Waals surface area contributed by atoms with Crippen molar-refractivity contribution in [3.8, 4) is 22.3 Å². The van der Waals surface area contributed by atoms with Gasteiger partial charge in [-0.05, 0) is 107 Å². The number of benzene rings is 10. The summed E-state index contributed by atoms with van der Waals surface area (Å²) in [6, 6.07) is 45.4. The lowest BCUT2D eigenvalue weighted by Gasteiger charge is -2.28. The van der Waals surface area contributed by atoms with Crippen molar-refractivity contribution in [2.75, 3.05) is 4.90 Å². The van der Waals surface area contributed by atoms with E-state index in [1.54, 1.807) is 6.07 Å². The van der Waals surface area contributed by atoms with E-state index in [4.69, 9.17) is 0 Å². The van der Waals surface area contributed by atoms with Crippen LogP contribution < -0.4 is 4.90 Å². The molecule has 0 spiro atoms. The van der Waals surface area contributed by atoms with E-state index in [9.17, 15) is 11.0 Å². The van der Waals surface area contributed by atoms with Gasteiger partial charge in [-0.3, -0.25) is 0 Å². The minimum atomic E-state index is -0.383. The van der Waals surface area contributed by atoms with Crippen LogP contribution in [0.1, 0.15) is 11.0 Å². The quantitative estimate of drug-likeness (QED) is 0.167. The highest BCUT2D eigenvalue weighted by molar-refractivity contribution is 6.15. The molecule has 10 aromatic rings. The van der Waals surface area contributed by atoms with Crippen LogP contribution in [0.25, 0.3) is 76.1 Å². The molecule has 0 N–H and O–H groups in total. The summed E-state index contributed by atoms with van der Waals surface area (Å²) in [4.78, 5) is 1.42. The molecule has 51 heavy (non-hydrogen) atoms. The Morgan fingerprint density at radius 3 is 1.53 bits per heavy atom. The first-order chi connectivity index (χ1) is 28.6.